The van der Waals surface area contributed by atoms with Crippen LogP contribution in [0.5, 0.6) is 5.75 Å². The Morgan fingerprint density at radius 2 is 1.74 bits per heavy atom. The largest absolute Gasteiger partial charge is 0.489 e. The lowest BCUT2D eigenvalue weighted by molar-refractivity contribution is 0.316. The van der Waals surface area contributed by atoms with Gasteiger partial charge in [-0.3, -0.25) is 0 Å². The topological polar surface area (TPSA) is 55.4 Å². The van der Waals surface area contributed by atoms with Gasteiger partial charge in [0.2, 0.25) is 0 Å². The highest BCUT2D eigenvalue weighted by Crippen LogP contribution is 2.35. The van der Waals surface area contributed by atoms with Crippen LogP contribution in [-0.2, 0) is 9.84 Å². The first-order chi connectivity index (χ1) is 8.79. The molecule has 0 saturated carbocycles. The fourth-order valence-electron chi connectivity index (χ4n) is 1.27. The summed E-state index contributed by atoms with van der Waals surface area (Å²) < 4.78 is 27.2. The van der Waals surface area contributed by atoms with Gasteiger partial charge >= 0.3 is 0 Å². The smallest absolute Gasteiger partial charge is 0.156 e. The monoisotopic (exact) mass is 345 g/mol. The third kappa shape index (κ3) is 6.68. The Hall–Kier alpha value is -0.200. The van der Waals surface area contributed by atoms with Crippen LogP contribution in [-0.4, -0.2) is 40.1 Å². The van der Waals surface area contributed by atoms with E-state index in [1.54, 1.807) is 12.1 Å². The number of benzene rings is 1. The summed E-state index contributed by atoms with van der Waals surface area (Å²) >= 11 is 17.7. The summed E-state index contributed by atoms with van der Waals surface area (Å²) in [5, 5.41) is 4.07. The van der Waals surface area contributed by atoms with Crippen molar-refractivity contribution in [2.45, 2.75) is 0 Å². The van der Waals surface area contributed by atoms with Gasteiger partial charge in [-0.25, -0.2) is 8.42 Å². The zero-order valence-electron chi connectivity index (χ0n) is 10.3. The summed E-state index contributed by atoms with van der Waals surface area (Å²) in [6.07, 6.45) is 1.19. The molecule has 0 fully saturated rings. The molecule has 0 aromatic heterocycles. The molecule has 1 aromatic carbocycles. The van der Waals surface area contributed by atoms with Crippen LogP contribution >= 0.6 is 34.8 Å². The van der Waals surface area contributed by atoms with Crippen LogP contribution in [0.3, 0.4) is 0 Å². The summed E-state index contributed by atoms with van der Waals surface area (Å²) in [7, 11) is -2.94. The van der Waals surface area contributed by atoms with Crippen LogP contribution in [0, 0.1) is 0 Å². The summed E-state index contributed by atoms with van der Waals surface area (Å²) in [5.74, 6) is 0.466. The lowest BCUT2D eigenvalue weighted by atomic mass is 10.3. The van der Waals surface area contributed by atoms with E-state index in [0.717, 1.165) is 0 Å². The number of halogens is 3. The molecule has 0 unspecified atom stereocenters. The molecule has 4 nitrogen and oxygen atoms in total. The van der Waals surface area contributed by atoms with Gasteiger partial charge in [-0.15, -0.1) is 0 Å². The molecule has 0 amide bonds. The van der Waals surface area contributed by atoms with Crippen molar-refractivity contribution in [3.8, 4) is 5.75 Å². The first kappa shape index (κ1) is 16.9. The average Bonchev–Trinajstić information content (AvgIpc) is 2.24. The molecule has 0 atom stereocenters. The first-order valence-electron chi connectivity index (χ1n) is 5.45. The zero-order valence-corrected chi connectivity index (χ0v) is 13.3. The van der Waals surface area contributed by atoms with Crippen molar-refractivity contribution in [2.24, 2.45) is 0 Å². The fraction of sp³-hybridized carbons (Fsp3) is 0.455. The Bertz CT molecular complexity index is 511. The van der Waals surface area contributed by atoms with Gasteiger partial charge in [-0.2, -0.15) is 0 Å². The Labute approximate surface area is 127 Å². The maximum Gasteiger partial charge on any atom is 0.156 e. The van der Waals surface area contributed by atoms with E-state index in [1.807, 2.05) is 0 Å². The van der Waals surface area contributed by atoms with Crippen molar-refractivity contribution >= 4 is 44.6 Å². The number of hydrogen-bond acceptors (Lipinski definition) is 4. The third-order valence-corrected chi connectivity index (χ3v) is 3.86. The van der Waals surface area contributed by atoms with Crippen LogP contribution in [0.4, 0.5) is 0 Å². The van der Waals surface area contributed by atoms with E-state index in [1.165, 1.54) is 6.26 Å². The molecule has 0 bridgehead atoms. The van der Waals surface area contributed by atoms with Crippen molar-refractivity contribution in [2.75, 3.05) is 31.7 Å². The minimum absolute atomic E-state index is 0.0927. The maximum atomic E-state index is 10.9. The van der Waals surface area contributed by atoms with Gasteiger partial charge in [-0.1, -0.05) is 34.8 Å². The predicted octanol–water partition coefficient (Wildman–Crippen LogP) is 2.66. The Balaban J connectivity index is 2.34. The van der Waals surface area contributed by atoms with Gasteiger partial charge in [-0.05, 0) is 12.1 Å². The average molecular weight is 347 g/mol. The van der Waals surface area contributed by atoms with Crippen LogP contribution in [0.2, 0.25) is 15.1 Å². The lowest BCUT2D eigenvalue weighted by Crippen LogP contribution is -2.26. The number of ether oxygens (including phenoxy) is 1. The molecule has 0 saturated heterocycles. The molecule has 0 aliphatic carbocycles. The van der Waals surface area contributed by atoms with Crippen molar-refractivity contribution in [1.82, 2.24) is 5.32 Å². The van der Waals surface area contributed by atoms with Gasteiger partial charge in [0.15, 0.2) is 5.75 Å². The van der Waals surface area contributed by atoms with Gasteiger partial charge in [0, 0.05) is 24.4 Å². The van der Waals surface area contributed by atoms with Crippen molar-refractivity contribution < 1.29 is 13.2 Å². The molecular weight excluding hydrogens is 333 g/mol. The van der Waals surface area contributed by atoms with E-state index in [2.05, 4.69) is 5.32 Å². The molecule has 108 valence electrons. The molecule has 0 spiro atoms. The molecule has 19 heavy (non-hydrogen) atoms. The molecular formula is C11H14Cl3NO3S. The number of nitrogens with one attached hydrogen (secondary N) is 1. The van der Waals surface area contributed by atoms with E-state index in [9.17, 15) is 8.42 Å². The number of rotatable bonds is 7. The second kappa shape index (κ2) is 7.55. The zero-order chi connectivity index (χ0) is 14.5. The molecule has 0 radical (unpaired) electrons. The second-order valence-corrected chi connectivity index (χ2v) is 7.44. The molecule has 1 rings (SSSR count). The highest BCUT2D eigenvalue weighted by Gasteiger charge is 2.08. The molecule has 8 heteroatoms. The summed E-state index contributed by atoms with van der Waals surface area (Å²) in [6, 6.07) is 3.09. The molecule has 1 aromatic rings. The SMILES string of the molecule is CS(=O)(=O)CCNCCOc1c(Cl)cc(Cl)cc1Cl. The third-order valence-electron chi connectivity index (χ3n) is 2.14. The van der Waals surface area contributed by atoms with Crippen LogP contribution in [0.25, 0.3) is 0 Å². The van der Waals surface area contributed by atoms with Crippen molar-refractivity contribution in [1.29, 1.82) is 0 Å². The Morgan fingerprint density at radius 1 is 1.16 bits per heavy atom. The fourth-order valence-corrected chi connectivity index (χ4v) is 2.72. The van der Waals surface area contributed by atoms with E-state index in [0.29, 0.717) is 40.5 Å². The normalized spacial score (nSPS) is 11.6. The van der Waals surface area contributed by atoms with E-state index in [-0.39, 0.29) is 5.75 Å². The highest BCUT2D eigenvalue weighted by molar-refractivity contribution is 7.90. The van der Waals surface area contributed by atoms with Gasteiger partial charge in [0.05, 0.1) is 15.8 Å². The minimum atomic E-state index is -2.94. The number of hydrogen-bond donors (Lipinski definition) is 1. The first-order valence-corrected chi connectivity index (χ1v) is 8.65. The summed E-state index contributed by atoms with van der Waals surface area (Å²) in [6.45, 7) is 1.19. The van der Waals surface area contributed by atoms with Crippen LogP contribution < -0.4 is 10.1 Å². The summed E-state index contributed by atoms with van der Waals surface area (Å²) in [4.78, 5) is 0. The molecule has 0 heterocycles. The Morgan fingerprint density at radius 3 is 2.26 bits per heavy atom. The van der Waals surface area contributed by atoms with Crippen molar-refractivity contribution in [3.63, 3.8) is 0 Å². The van der Waals surface area contributed by atoms with Gasteiger partial charge < -0.3 is 10.1 Å². The maximum absolute atomic E-state index is 10.9. The molecule has 0 aliphatic heterocycles. The van der Waals surface area contributed by atoms with E-state index >= 15 is 0 Å². The van der Waals surface area contributed by atoms with E-state index < -0.39 is 9.84 Å². The molecule has 1 N–H and O–H groups in total. The van der Waals surface area contributed by atoms with E-state index in [4.69, 9.17) is 39.5 Å². The quantitative estimate of drug-likeness (QED) is 0.771. The molecule has 0 aliphatic rings. The summed E-state index contributed by atoms with van der Waals surface area (Å²) in [5.41, 5.74) is 0. The lowest BCUT2D eigenvalue weighted by Gasteiger charge is -2.10. The second-order valence-electron chi connectivity index (χ2n) is 3.93. The highest BCUT2D eigenvalue weighted by atomic mass is 35.5. The predicted molar refractivity (Wildman–Crippen MR) is 79.5 cm³/mol. The number of sulfone groups is 1. The minimum Gasteiger partial charge on any atom is -0.489 e. The van der Waals surface area contributed by atoms with Gasteiger partial charge in [0.25, 0.3) is 0 Å². The van der Waals surface area contributed by atoms with Crippen molar-refractivity contribution in [3.05, 3.63) is 27.2 Å². The van der Waals surface area contributed by atoms with Gasteiger partial charge in [0.1, 0.15) is 16.4 Å². The standard InChI is InChI=1S/C11H14Cl3NO3S/c1-19(16,17)5-3-15-2-4-18-11-9(13)6-8(12)7-10(11)14/h6-7,15H,2-5H2,1H3. The van der Waals surface area contributed by atoms with Crippen LogP contribution in [0.15, 0.2) is 12.1 Å². The van der Waals surface area contributed by atoms with Crippen LogP contribution in [0.1, 0.15) is 0 Å². The Kier molecular flexibility index (Phi) is 6.69.